The number of halogens is 1. The smallest absolute Gasteiger partial charge is 0.227 e. The van der Waals surface area contributed by atoms with Crippen molar-refractivity contribution in [3.05, 3.63) is 59.9 Å². The van der Waals surface area contributed by atoms with Crippen molar-refractivity contribution in [2.75, 3.05) is 25.5 Å². The number of carbonyl (C=O) groups is 1. The minimum Gasteiger partial charge on any atom is -0.495 e. The van der Waals surface area contributed by atoms with Gasteiger partial charge >= 0.3 is 0 Å². The van der Waals surface area contributed by atoms with Gasteiger partial charge in [-0.1, -0.05) is 30.3 Å². The van der Waals surface area contributed by atoms with Crippen molar-refractivity contribution in [3.63, 3.8) is 0 Å². The Balaban J connectivity index is 1.53. The van der Waals surface area contributed by atoms with Crippen LogP contribution in [0.4, 0.5) is 10.1 Å². The van der Waals surface area contributed by atoms with Gasteiger partial charge in [0.2, 0.25) is 5.91 Å². The Morgan fingerprint density at radius 3 is 2.56 bits per heavy atom. The normalized spacial score (nSPS) is 15.8. The summed E-state index contributed by atoms with van der Waals surface area (Å²) >= 11 is 0. The molecule has 2 aromatic rings. The lowest BCUT2D eigenvalue weighted by Gasteiger charge is -2.31. The molecule has 1 aliphatic rings. The van der Waals surface area contributed by atoms with Crippen LogP contribution in [0.2, 0.25) is 0 Å². The van der Waals surface area contributed by atoms with E-state index in [1.165, 1.54) is 6.07 Å². The SMILES string of the molecule is COc1ccccc1NC(=O)C1CCN(Cc2ccccc2F)CC1. The quantitative estimate of drug-likeness (QED) is 0.901. The summed E-state index contributed by atoms with van der Waals surface area (Å²) in [5.41, 5.74) is 1.41. The molecule has 0 spiro atoms. The molecule has 0 radical (unpaired) electrons. The van der Waals surface area contributed by atoms with Crippen LogP contribution in [0.25, 0.3) is 0 Å². The van der Waals surface area contributed by atoms with Crippen LogP contribution in [0.5, 0.6) is 5.75 Å². The number of carbonyl (C=O) groups excluding carboxylic acids is 1. The molecule has 1 N–H and O–H groups in total. The molecule has 1 heterocycles. The number of nitrogens with one attached hydrogen (secondary N) is 1. The van der Waals surface area contributed by atoms with E-state index in [-0.39, 0.29) is 17.6 Å². The van der Waals surface area contributed by atoms with Gasteiger partial charge in [-0.05, 0) is 44.1 Å². The molecule has 4 nitrogen and oxygen atoms in total. The number of ether oxygens (including phenoxy) is 1. The molecule has 1 amide bonds. The summed E-state index contributed by atoms with van der Waals surface area (Å²) in [5.74, 6) is 0.489. The number of rotatable bonds is 5. The van der Waals surface area contributed by atoms with E-state index in [9.17, 15) is 9.18 Å². The number of nitrogens with zero attached hydrogens (tertiary/aromatic N) is 1. The molecule has 1 aliphatic heterocycles. The molecule has 2 aromatic carbocycles. The predicted octanol–water partition coefficient (Wildman–Crippen LogP) is 3.69. The van der Waals surface area contributed by atoms with Crippen molar-refractivity contribution in [1.82, 2.24) is 4.90 Å². The van der Waals surface area contributed by atoms with Crippen LogP contribution in [0.1, 0.15) is 18.4 Å². The van der Waals surface area contributed by atoms with Crippen molar-refractivity contribution < 1.29 is 13.9 Å². The van der Waals surface area contributed by atoms with E-state index in [1.807, 2.05) is 36.4 Å². The summed E-state index contributed by atoms with van der Waals surface area (Å²) in [6.45, 7) is 2.17. The Labute approximate surface area is 147 Å². The maximum absolute atomic E-state index is 13.8. The van der Waals surface area contributed by atoms with Crippen molar-refractivity contribution in [3.8, 4) is 5.75 Å². The van der Waals surface area contributed by atoms with Gasteiger partial charge in [0.05, 0.1) is 12.8 Å². The van der Waals surface area contributed by atoms with E-state index >= 15 is 0 Å². The van der Waals surface area contributed by atoms with Gasteiger partial charge in [-0.2, -0.15) is 0 Å². The number of benzene rings is 2. The number of hydrogen-bond acceptors (Lipinski definition) is 3. The second-order valence-corrected chi connectivity index (χ2v) is 6.33. The fraction of sp³-hybridized carbons (Fsp3) is 0.350. The summed E-state index contributed by atoms with van der Waals surface area (Å²) < 4.78 is 19.0. The predicted molar refractivity (Wildman–Crippen MR) is 96.0 cm³/mol. The highest BCUT2D eigenvalue weighted by Crippen LogP contribution is 2.26. The van der Waals surface area contributed by atoms with Crippen LogP contribution in [0, 0.1) is 11.7 Å². The summed E-state index contributed by atoms with van der Waals surface area (Å²) in [6, 6.07) is 14.3. The molecule has 0 unspecified atom stereocenters. The van der Waals surface area contributed by atoms with Crippen LogP contribution in [-0.4, -0.2) is 31.0 Å². The first-order valence-electron chi connectivity index (χ1n) is 8.57. The number of amides is 1. The Kier molecular flexibility index (Phi) is 5.66. The number of anilines is 1. The molecule has 0 saturated carbocycles. The molecule has 0 bridgehead atoms. The third kappa shape index (κ3) is 4.37. The Hall–Kier alpha value is -2.40. The third-order valence-electron chi connectivity index (χ3n) is 4.68. The number of methoxy groups -OCH3 is 1. The van der Waals surface area contributed by atoms with E-state index in [0.717, 1.165) is 25.9 Å². The minimum absolute atomic E-state index is 0.0232. The third-order valence-corrected chi connectivity index (χ3v) is 4.68. The first-order chi connectivity index (χ1) is 12.2. The van der Waals surface area contributed by atoms with Gasteiger partial charge in [-0.3, -0.25) is 9.69 Å². The standard InChI is InChI=1S/C20H23FN2O2/c1-25-19-9-5-4-8-18(19)22-20(24)15-10-12-23(13-11-15)14-16-6-2-3-7-17(16)21/h2-9,15H,10-14H2,1H3,(H,22,24). The monoisotopic (exact) mass is 342 g/mol. The average molecular weight is 342 g/mol. The zero-order valence-electron chi connectivity index (χ0n) is 14.4. The molecule has 132 valence electrons. The molecule has 0 atom stereocenters. The van der Waals surface area contributed by atoms with Crippen molar-refractivity contribution >= 4 is 11.6 Å². The first kappa shape index (κ1) is 17.4. The maximum Gasteiger partial charge on any atom is 0.227 e. The molecule has 3 rings (SSSR count). The molecule has 1 saturated heterocycles. The maximum atomic E-state index is 13.8. The van der Waals surface area contributed by atoms with E-state index in [0.29, 0.717) is 23.5 Å². The number of hydrogen-bond donors (Lipinski definition) is 1. The summed E-state index contributed by atoms with van der Waals surface area (Å²) in [5, 5.41) is 2.96. The summed E-state index contributed by atoms with van der Waals surface area (Å²) in [6.07, 6.45) is 1.55. The Morgan fingerprint density at radius 2 is 1.84 bits per heavy atom. The lowest BCUT2D eigenvalue weighted by atomic mass is 9.95. The molecular formula is C20H23FN2O2. The average Bonchev–Trinajstić information content (AvgIpc) is 2.64. The zero-order valence-corrected chi connectivity index (χ0v) is 14.4. The fourth-order valence-corrected chi connectivity index (χ4v) is 3.20. The van der Waals surface area contributed by atoms with Crippen LogP contribution in [-0.2, 0) is 11.3 Å². The van der Waals surface area contributed by atoms with Gasteiger partial charge in [-0.25, -0.2) is 4.39 Å². The first-order valence-corrected chi connectivity index (χ1v) is 8.57. The van der Waals surface area contributed by atoms with Gasteiger partial charge in [-0.15, -0.1) is 0 Å². The van der Waals surface area contributed by atoms with E-state index in [4.69, 9.17) is 4.74 Å². The highest BCUT2D eigenvalue weighted by Gasteiger charge is 2.25. The summed E-state index contributed by atoms with van der Waals surface area (Å²) in [7, 11) is 1.59. The largest absolute Gasteiger partial charge is 0.495 e. The molecular weight excluding hydrogens is 319 g/mol. The van der Waals surface area contributed by atoms with Gasteiger partial charge in [0, 0.05) is 18.0 Å². The highest BCUT2D eigenvalue weighted by atomic mass is 19.1. The topological polar surface area (TPSA) is 41.6 Å². The van der Waals surface area contributed by atoms with Crippen LogP contribution < -0.4 is 10.1 Å². The molecule has 1 fully saturated rings. The lowest BCUT2D eigenvalue weighted by Crippen LogP contribution is -2.38. The van der Waals surface area contributed by atoms with Crippen molar-refractivity contribution in [2.45, 2.75) is 19.4 Å². The van der Waals surface area contributed by atoms with E-state index in [1.54, 1.807) is 13.2 Å². The Morgan fingerprint density at radius 1 is 1.16 bits per heavy atom. The minimum atomic E-state index is -0.168. The second-order valence-electron chi connectivity index (χ2n) is 6.33. The van der Waals surface area contributed by atoms with Crippen LogP contribution >= 0.6 is 0 Å². The van der Waals surface area contributed by atoms with Gasteiger partial charge in [0.1, 0.15) is 11.6 Å². The van der Waals surface area contributed by atoms with Gasteiger partial charge in [0.25, 0.3) is 0 Å². The number of likely N-dealkylation sites (tertiary alicyclic amines) is 1. The zero-order chi connectivity index (χ0) is 17.6. The Bertz CT molecular complexity index is 727. The molecule has 25 heavy (non-hydrogen) atoms. The van der Waals surface area contributed by atoms with Gasteiger partial charge < -0.3 is 10.1 Å². The van der Waals surface area contributed by atoms with Crippen molar-refractivity contribution in [1.29, 1.82) is 0 Å². The molecule has 5 heteroatoms. The van der Waals surface area contributed by atoms with E-state index in [2.05, 4.69) is 10.2 Å². The second kappa shape index (κ2) is 8.12. The van der Waals surface area contributed by atoms with Gasteiger partial charge in [0.15, 0.2) is 0 Å². The molecule has 0 aliphatic carbocycles. The molecule has 0 aromatic heterocycles. The highest BCUT2D eigenvalue weighted by molar-refractivity contribution is 5.94. The van der Waals surface area contributed by atoms with Crippen LogP contribution in [0.15, 0.2) is 48.5 Å². The van der Waals surface area contributed by atoms with Crippen LogP contribution in [0.3, 0.4) is 0 Å². The lowest BCUT2D eigenvalue weighted by molar-refractivity contribution is -0.121. The van der Waals surface area contributed by atoms with E-state index < -0.39 is 0 Å². The number of piperidine rings is 1. The van der Waals surface area contributed by atoms with Crippen molar-refractivity contribution in [2.24, 2.45) is 5.92 Å². The number of para-hydroxylation sites is 2. The fourth-order valence-electron chi connectivity index (χ4n) is 3.20. The summed E-state index contributed by atoms with van der Waals surface area (Å²) in [4.78, 5) is 14.7.